The van der Waals surface area contributed by atoms with Crippen LogP contribution in [0.5, 0.6) is 0 Å². The number of hydrogen-bond donors (Lipinski definition) is 0. The minimum Gasteiger partial charge on any atom is -0.444 e. The fourth-order valence-corrected chi connectivity index (χ4v) is 3.01. The van der Waals surface area contributed by atoms with Gasteiger partial charge < -0.3 is 19.1 Å². The molecule has 0 saturated carbocycles. The fourth-order valence-electron chi connectivity index (χ4n) is 2.34. The second-order valence-corrected chi connectivity index (χ2v) is 7.68. The average molecular weight is 350 g/mol. The summed E-state index contributed by atoms with van der Waals surface area (Å²) >= 11 is 3.60. The topological polar surface area (TPSA) is 48.0 Å². The van der Waals surface area contributed by atoms with Gasteiger partial charge in [0.15, 0.2) is 0 Å². The van der Waals surface area contributed by atoms with Crippen LogP contribution >= 0.6 is 15.9 Å². The summed E-state index contributed by atoms with van der Waals surface area (Å²) in [4.78, 5) is 13.9. The lowest BCUT2D eigenvalue weighted by molar-refractivity contribution is 0.0150. The predicted octanol–water partition coefficient (Wildman–Crippen LogP) is 2.42. The lowest BCUT2D eigenvalue weighted by Gasteiger charge is -2.24. The molecule has 3 atom stereocenters. The van der Waals surface area contributed by atoms with E-state index in [1.807, 2.05) is 20.8 Å². The minimum absolute atomic E-state index is 0.0307. The molecule has 0 aromatic rings. The Kier molecular flexibility index (Phi) is 5.31. The van der Waals surface area contributed by atoms with E-state index in [1.165, 1.54) is 0 Å². The first-order valence-corrected chi connectivity index (χ1v) is 8.08. The van der Waals surface area contributed by atoms with Crippen molar-refractivity contribution < 1.29 is 19.0 Å². The first-order chi connectivity index (χ1) is 9.35. The number of carbonyl (C=O) groups excluding carboxylic acids is 1. The molecular formula is C14H24BrNO4. The third-order valence-electron chi connectivity index (χ3n) is 3.42. The summed E-state index contributed by atoms with van der Waals surface area (Å²) in [6.45, 7) is 9.16. The van der Waals surface area contributed by atoms with Crippen LogP contribution in [-0.2, 0) is 14.2 Å². The summed E-state index contributed by atoms with van der Waals surface area (Å²) in [5.41, 5.74) is -0.459. The molecule has 0 radical (unpaired) electrons. The summed E-state index contributed by atoms with van der Waals surface area (Å²) in [6.07, 6.45) is 0.829. The van der Waals surface area contributed by atoms with Crippen molar-refractivity contribution >= 4 is 22.0 Å². The molecule has 2 rings (SSSR count). The van der Waals surface area contributed by atoms with Crippen molar-refractivity contribution in [2.75, 3.05) is 32.9 Å². The van der Waals surface area contributed by atoms with Crippen LogP contribution in [0.25, 0.3) is 0 Å². The molecule has 1 amide bonds. The number of nitrogens with zero attached hydrogens (tertiary/aromatic N) is 1. The Morgan fingerprint density at radius 3 is 2.75 bits per heavy atom. The number of amides is 1. The van der Waals surface area contributed by atoms with Gasteiger partial charge in [0.25, 0.3) is 0 Å². The van der Waals surface area contributed by atoms with Crippen LogP contribution in [0, 0.1) is 5.92 Å². The number of carbonyl (C=O) groups is 1. The summed E-state index contributed by atoms with van der Waals surface area (Å²) < 4.78 is 16.7. The largest absolute Gasteiger partial charge is 0.444 e. The van der Waals surface area contributed by atoms with Gasteiger partial charge in [-0.2, -0.15) is 0 Å². The fraction of sp³-hybridized carbons (Fsp3) is 0.929. The lowest BCUT2D eigenvalue weighted by Crippen LogP contribution is -2.36. The number of halogens is 1. The number of hydrogen-bond acceptors (Lipinski definition) is 4. The highest BCUT2D eigenvalue weighted by Crippen LogP contribution is 2.24. The molecule has 5 nitrogen and oxygen atoms in total. The molecule has 6 heteroatoms. The van der Waals surface area contributed by atoms with E-state index in [1.54, 1.807) is 4.90 Å². The van der Waals surface area contributed by atoms with Gasteiger partial charge in [0.2, 0.25) is 0 Å². The van der Waals surface area contributed by atoms with E-state index in [0.29, 0.717) is 25.6 Å². The third kappa shape index (κ3) is 4.60. The van der Waals surface area contributed by atoms with Crippen LogP contribution in [0.3, 0.4) is 0 Å². The van der Waals surface area contributed by atoms with Crippen molar-refractivity contribution in [3.63, 3.8) is 0 Å². The Hall–Kier alpha value is -0.330. The molecule has 2 aliphatic heterocycles. The van der Waals surface area contributed by atoms with Crippen molar-refractivity contribution in [3.05, 3.63) is 0 Å². The third-order valence-corrected chi connectivity index (χ3v) is 4.30. The van der Waals surface area contributed by atoms with Crippen LogP contribution in [0.4, 0.5) is 4.79 Å². The van der Waals surface area contributed by atoms with Crippen LogP contribution in [0.1, 0.15) is 27.2 Å². The molecule has 0 aromatic carbocycles. The van der Waals surface area contributed by atoms with Crippen LogP contribution < -0.4 is 0 Å². The number of alkyl halides is 1. The zero-order valence-electron chi connectivity index (χ0n) is 12.4. The molecule has 0 spiro atoms. The van der Waals surface area contributed by atoms with Gasteiger partial charge in [0.05, 0.1) is 30.7 Å². The van der Waals surface area contributed by atoms with Gasteiger partial charge in [0.1, 0.15) is 5.60 Å². The second kappa shape index (κ2) is 6.62. The predicted molar refractivity (Wildman–Crippen MR) is 79.2 cm³/mol. The summed E-state index contributed by atoms with van der Waals surface area (Å²) in [6, 6.07) is 0. The van der Waals surface area contributed by atoms with Gasteiger partial charge in [-0.15, -0.1) is 0 Å². The quantitative estimate of drug-likeness (QED) is 0.734. The summed E-state index contributed by atoms with van der Waals surface area (Å²) in [5.74, 6) is 0.491. The van der Waals surface area contributed by atoms with E-state index in [9.17, 15) is 4.79 Å². The molecule has 3 unspecified atom stereocenters. The van der Waals surface area contributed by atoms with Crippen molar-refractivity contribution in [1.29, 1.82) is 0 Å². The van der Waals surface area contributed by atoms with E-state index in [4.69, 9.17) is 14.2 Å². The standard InChI is InChI=1S/C14H24BrNO4/c1-14(2,3)20-13(17)16-6-11(15)12(7-16)19-9-10-4-5-18-8-10/h10-12H,4-9H2,1-3H3. The molecule has 2 aliphatic rings. The van der Waals surface area contributed by atoms with E-state index in [2.05, 4.69) is 15.9 Å². The number of ether oxygens (including phenoxy) is 3. The Balaban J connectivity index is 1.77. The highest BCUT2D eigenvalue weighted by atomic mass is 79.9. The molecule has 0 N–H and O–H groups in total. The second-order valence-electron chi connectivity index (χ2n) is 6.50. The molecule has 116 valence electrons. The average Bonchev–Trinajstić information content (AvgIpc) is 2.93. The summed E-state index contributed by atoms with van der Waals surface area (Å²) in [5, 5.41) is 0. The minimum atomic E-state index is -0.459. The number of likely N-dealkylation sites (tertiary alicyclic amines) is 1. The van der Waals surface area contributed by atoms with Crippen LogP contribution in [0.15, 0.2) is 0 Å². The lowest BCUT2D eigenvalue weighted by atomic mass is 10.1. The van der Waals surface area contributed by atoms with Gasteiger partial charge in [-0.25, -0.2) is 4.79 Å². The normalized spacial score (nSPS) is 30.8. The van der Waals surface area contributed by atoms with Crippen LogP contribution in [0.2, 0.25) is 0 Å². The smallest absolute Gasteiger partial charge is 0.410 e. The van der Waals surface area contributed by atoms with Crippen molar-refractivity contribution in [1.82, 2.24) is 4.90 Å². The Morgan fingerprint density at radius 2 is 2.15 bits per heavy atom. The summed E-state index contributed by atoms with van der Waals surface area (Å²) in [7, 11) is 0. The maximum absolute atomic E-state index is 12.0. The van der Waals surface area contributed by atoms with Gasteiger partial charge in [-0.05, 0) is 27.2 Å². The monoisotopic (exact) mass is 349 g/mol. The highest BCUT2D eigenvalue weighted by Gasteiger charge is 2.36. The van der Waals surface area contributed by atoms with E-state index >= 15 is 0 Å². The van der Waals surface area contributed by atoms with Crippen molar-refractivity contribution in [2.24, 2.45) is 5.92 Å². The Morgan fingerprint density at radius 1 is 1.40 bits per heavy atom. The number of rotatable bonds is 3. The van der Waals surface area contributed by atoms with E-state index in [-0.39, 0.29) is 17.0 Å². The molecule has 2 saturated heterocycles. The first-order valence-electron chi connectivity index (χ1n) is 7.16. The van der Waals surface area contributed by atoms with Crippen LogP contribution in [-0.4, -0.2) is 60.4 Å². The van der Waals surface area contributed by atoms with Gasteiger partial charge in [-0.1, -0.05) is 15.9 Å². The van der Waals surface area contributed by atoms with Gasteiger partial charge in [0, 0.05) is 19.1 Å². The Bertz CT molecular complexity index is 339. The highest BCUT2D eigenvalue weighted by molar-refractivity contribution is 9.09. The maximum atomic E-state index is 12.0. The zero-order chi connectivity index (χ0) is 14.8. The SMILES string of the molecule is CC(C)(C)OC(=O)N1CC(Br)C(OCC2CCOC2)C1. The van der Waals surface area contributed by atoms with Crippen molar-refractivity contribution in [3.8, 4) is 0 Å². The molecule has 2 fully saturated rings. The molecule has 2 heterocycles. The van der Waals surface area contributed by atoms with E-state index in [0.717, 1.165) is 19.6 Å². The molecule has 20 heavy (non-hydrogen) atoms. The maximum Gasteiger partial charge on any atom is 0.410 e. The molecule has 0 aliphatic carbocycles. The van der Waals surface area contributed by atoms with Gasteiger partial charge in [-0.3, -0.25) is 0 Å². The molecular weight excluding hydrogens is 326 g/mol. The zero-order valence-corrected chi connectivity index (χ0v) is 14.0. The van der Waals surface area contributed by atoms with Crippen molar-refractivity contribution in [2.45, 2.75) is 43.7 Å². The molecule has 0 bridgehead atoms. The first kappa shape index (κ1) is 16.0. The van der Waals surface area contributed by atoms with Gasteiger partial charge >= 0.3 is 6.09 Å². The molecule has 0 aromatic heterocycles. The van der Waals surface area contributed by atoms with E-state index < -0.39 is 5.60 Å². The Labute approximate surface area is 129 Å².